The van der Waals surface area contributed by atoms with Crippen molar-refractivity contribution < 1.29 is 4.79 Å². The summed E-state index contributed by atoms with van der Waals surface area (Å²) < 4.78 is 2.70. The van der Waals surface area contributed by atoms with E-state index in [0.29, 0.717) is 0 Å². The van der Waals surface area contributed by atoms with Crippen molar-refractivity contribution in [2.75, 3.05) is 0 Å². The molecule has 0 saturated carbocycles. The molecule has 0 saturated heterocycles. The second-order valence-corrected chi connectivity index (χ2v) is 2.78. The van der Waals surface area contributed by atoms with Crippen molar-refractivity contribution in [2.45, 2.75) is 13.0 Å². The number of nitrogens with two attached hydrogens (primary N) is 1. The zero-order valence-electron chi connectivity index (χ0n) is 7.52. The Labute approximate surface area is 74.9 Å². The molecule has 1 aromatic rings. The van der Waals surface area contributed by atoms with Crippen LogP contribution in [0.1, 0.15) is 13.0 Å². The quantitative estimate of drug-likeness (QED) is 0.342. The lowest BCUT2D eigenvalue weighted by Gasteiger charge is -2.09. The molecule has 0 fully saturated rings. The fourth-order valence-corrected chi connectivity index (χ4v) is 1.02. The summed E-state index contributed by atoms with van der Waals surface area (Å²) in [6.45, 7) is 1.60. The summed E-state index contributed by atoms with van der Waals surface area (Å²) in [4.78, 5) is 22.4. The predicted octanol–water partition coefficient (Wildman–Crippen LogP) is -1.26. The van der Waals surface area contributed by atoms with Gasteiger partial charge in [0.1, 0.15) is 6.04 Å². The third kappa shape index (κ3) is 1.62. The van der Waals surface area contributed by atoms with Gasteiger partial charge in [-0.2, -0.15) is 0 Å². The number of aromatic nitrogens is 2. The average molecular weight is 184 g/mol. The van der Waals surface area contributed by atoms with Crippen molar-refractivity contribution in [3.8, 4) is 0 Å². The fourth-order valence-electron chi connectivity index (χ4n) is 1.02. The zero-order valence-corrected chi connectivity index (χ0v) is 7.52. The SMILES string of the molecule is CC(C(=O)NN)n1ccn(C)c1=O. The van der Waals surface area contributed by atoms with Gasteiger partial charge in [-0.05, 0) is 6.92 Å². The molecule has 0 radical (unpaired) electrons. The second kappa shape index (κ2) is 3.44. The van der Waals surface area contributed by atoms with E-state index in [9.17, 15) is 9.59 Å². The number of nitrogens with zero attached hydrogens (tertiary/aromatic N) is 2. The Kier molecular flexibility index (Phi) is 2.52. The Hall–Kier alpha value is -1.56. The molecule has 1 amide bonds. The third-order valence-corrected chi connectivity index (χ3v) is 1.91. The Bertz CT molecular complexity index is 365. The van der Waals surface area contributed by atoms with Crippen LogP contribution in [0.15, 0.2) is 17.2 Å². The molecule has 1 unspecified atom stereocenters. The highest BCUT2D eigenvalue weighted by molar-refractivity contribution is 5.79. The number of nitrogens with one attached hydrogen (secondary N) is 1. The maximum Gasteiger partial charge on any atom is 0.328 e. The van der Waals surface area contributed by atoms with Gasteiger partial charge in [0.15, 0.2) is 0 Å². The third-order valence-electron chi connectivity index (χ3n) is 1.91. The lowest BCUT2D eigenvalue weighted by molar-refractivity contribution is -0.124. The fraction of sp³-hybridized carbons (Fsp3) is 0.429. The second-order valence-electron chi connectivity index (χ2n) is 2.78. The van der Waals surface area contributed by atoms with Crippen molar-refractivity contribution in [2.24, 2.45) is 12.9 Å². The van der Waals surface area contributed by atoms with Gasteiger partial charge < -0.3 is 4.57 Å². The first kappa shape index (κ1) is 9.53. The molecule has 0 bridgehead atoms. The van der Waals surface area contributed by atoms with Gasteiger partial charge in [0.05, 0.1) is 0 Å². The lowest BCUT2D eigenvalue weighted by Crippen LogP contribution is -2.39. The monoisotopic (exact) mass is 184 g/mol. The molecule has 6 heteroatoms. The molecule has 13 heavy (non-hydrogen) atoms. The van der Waals surface area contributed by atoms with E-state index in [4.69, 9.17) is 5.84 Å². The van der Waals surface area contributed by atoms with Gasteiger partial charge in [-0.15, -0.1) is 0 Å². The smallest absolute Gasteiger partial charge is 0.302 e. The molecule has 0 aromatic carbocycles. The summed E-state index contributed by atoms with van der Waals surface area (Å²) in [6.07, 6.45) is 3.13. The number of aryl methyl sites for hydroxylation is 1. The summed E-state index contributed by atoms with van der Waals surface area (Å²) in [7, 11) is 1.62. The predicted molar refractivity (Wildman–Crippen MR) is 46.7 cm³/mol. The van der Waals surface area contributed by atoms with Crippen LogP contribution in [0, 0.1) is 0 Å². The van der Waals surface area contributed by atoms with E-state index in [-0.39, 0.29) is 5.69 Å². The van der Waals surface area contributed by atoms with Crippen LogP contribution < -0.4 is 17.0 Å². The van der Waals surface area contributed by atoms with Crippen LogP contribution in [0.5, 0.6) is 0 Å². The molecule has 1 atom stereocenters. The van der Waals surface area contributed by atoms with Gasteiger partial charge in [-0.25, -0.2) is 10.6 Å². The summed E-state index contributed by atoms with van der Waals surface area (Å²) in [6, 6.07) is -0.585. The maximum absolute atomic E-state index is 11.3. The Morgan fingerprint density at radius 1 is 1.62 bits per heavy atom. The highest BCUT2D eigenvalue weighted by Gasteiger charge is 2.15. The average Bonchev–Trinajstić information content (AvgIpc) is 2.45. The molecule has 1 aromatic heterocycles. The molecular weight excluding hydrogens is 172 g/mol. The minimum Gasteiger partial charge on any atom is -0.302 e. The van der Waals surface area contributed by atoms with E-state index in [2.05, 4.69) is 0 Å². The first-order valence-corrected chi connectivity index (χ1v) is 3.82. The van der Waals surface area contributed by atoms with Crippen molar-refractivity contribution in [1.29, 1.82) is 0 Å². The van der Waals surface area contributed by atoms with E-state index >= 15 is 0 Å². The molecule has 0 spiro atoms. The highest BCUT2D eigenvalue weighted by atomic mass is 16.2. The van der Waals surface area contributed by atoms with E-state index in [1.54, 1.807) is 26.4 Å². The first-order chi connectivity index (χ1) is 6.07. The van der Waals surface area contributed by atoms with Crippen LogP contribution >= 0.6 is 0 Å². The van der Waals surface area contributed by atoms with Gasteiger partial charge in [0.2, 0.25) is 0 Å². The van der Waals surface area contributed by atoms with E-state index in [1.807, 2.05) is 5.43 Å². The molecule has 72 valence electrons. The Balaban J connectivity index is 3.02. The highest BCUT2D eigenvalue weighted by Crippen LogP contribution is 2.00. The van der Waals surface area contributed by atoms with Crippen molar-refractivity contribution in [3.63, 3.8) is 0 Å². The summed E-state index contributed by atoms with van der Waals surface area (Å²) in [5.74, 6) is 4.55. The number of rotatable bonds is 2. The Morgan fingerprint density at radius 3 is 2.62 bits per heavy atom. The topological polar surface area (TPSA) is 82.1 Å². The van der Waals surface area contributed by atoms with E-state index in [0.717, 1.165) is 0 Å². The normalized spacial score (nSPS) is 12.5. The van der Waals surface area contributed by atoms with E-state index < -0.39 is 11.9 Å². The number of hydrogen-bond donors (Lipinski definition) is 2. The standard InChI is InChI=1S/C7H12N4O2/c1-5(6(12)9-8)11-4-3-10(2)7(11)13/h3-5H,8H2,1-2H3,(H,9,12). The van der Waals surface area contributed by atoms with Crippen LogP contribution in [0.2, 0.25) is 0 Å². The molecule has 0 aliphatic carbocycles. The molecule has 0 aliphatic heterocycles. The number of hydrogen-bond acceptors (Lipinski definition) is 3. The molecule has 0 aliphatic rings. The van der Waals surface area contributed by atoms with Crippen LogP contribution in [0.3, 0.4) is 0 Å². The first-order valence-electron chi connectivity index (χ1n) is 3.82. The van der Waals surface area contributed by atoms with Crippen LogP contribution in [-0.4, -0.2) is 15.0 Å². The molecule has 1 rings (SSSR count). The summed E-state index contributed by atoms with van der Waals surface area (Å²) in [5, 5.41) is 0. The number of carbonyl (C=O) groups excluding carboxylic acids is 1. The van der Waals surface area contributed by atoms with Crippen molar-refractivity contribution in [3.05, 3.63) is 22.9 Å². The van der Waals surface area contributed by atoms with Crippen molar-refractivity contribution >= 4 is 5.91 Å². The minimum absolute atomic E-state index is 0.240. The van der Waals surface area contributed by atoms with Crippen LogP contribution in [-0.2, 0) is 11.8 Å². The maximum atomic E-state index is 11.3. The van der Waals surface area contributed by atoms with Gasteiger partial charge in [0.25, 0.3) is 5.91 Å². The number of carbonyl (C=O) groups is 1. The van der Waals surface area contributed by atoms with E-state index in [1.165, 1.54) is 9.13 Å². The molecule has 1 heterocycles. The molecule has 6 nitrogen and oxygen atoms in total. The number of hydrazine groups is 1. The van der Waals surface area contributed by atoms with Crippen LogP contribution in [0.4, 0.5) is 0 Å². The minimum atomic E-state index is -0.585. The number of imidazole rings is 1. The largest absolute Gasteiger partial charge is 0.328 e. The summed E-state index contributed by atoms with van der Waals surface area (Å²) in [5.41, 5.74) is 1.75. The Morgan fingerprint density at radius 2 is 2.23 bits per heavy atom. The number of amides is 1. The van der Waals surface area contributed by atoms with Gasteiger partial charge in [-0.3, -0.25) is 14.8 Å². The zero-order chi connectivity index (χ0) is 10.0. The summed E-state index contributed by atoms with van der Waals surface area (Å²) >= 11 is 0. The van der Waals surface area contributed by atoms with Crippen LogP contribution in [0.25, 0.3) is 0 Å². The van der Waals surface area contributed by atoms with Gasteiger partial charge >= 0.3 is 5.69 Å². The molecule has 3 N–H and O–H groups in total. The lowest BCUT2D eigenvalue weighted by atomic mass is 10.3. The molecular formula is C7H12N4O2. The van der Waals surface area contributed by atoms with Gasteiger partial charge in [-0.1, -0.05) is 0 Å². The van der Waals surface area contributed by atoms with Crippen molar-refractivity contribution in [1.82, 2.24) is 14.6 Å². The van der Waals surface area contributed by atoms with Gasteiger partial charge in [0, 0.05) is 19.4 Å².